The number of phenolic OH excluding ortho intramolecular Hbond substituents is 1. The van der Waals surface area contributed by atoms with Gasteiger partial charge in [-0.2, -0.15) is 0 Å². The fraction of sp³-hybridized carbons (Fsp3) is 0. The van der Waals surface area contributed by atoms with Gasteiger partial charge in [-0.3, -0.25) is 0 Å². The van der Waals surface area contributed by atoms with E-state index in [0.717, 1.165) is 29.0 Å². The molecule has 100 valence electrons. The summed E-state index contributed by atoms with van der Waals surface area (Å²) in [5, 5.41) is 20.7. The molecule has 2 N–H and O–H groups in total. The molecule has 0 fully saturated rings. The van der Waals surface area contributed by atoms with E-state index >= 15 is 0 Å². The van der Waals surface area contributed by atoms with Gasteiger partial charge in [0.15, 0.2) is 0 Å². The van der Waals surface area contributed by atoms with Gasteiger partial charge < -0.3 is 0 Å². The number of aromatic hydroxyl groups is 1. The average molecular weight is 345 g/mol. The van der Waals surface area contributed by atoms with Gasteiger partial charge in [0.1, 0.15) is 0 Å². The summed E-state index contributed by atoms with van der Waals surface area (Å²) in [5.74, 6) is -0.283. The number of nitro groups is 1. The molecule has 0 aliphatic heterocycles. The molecule has 1 unspecified atom stereocenters. The van der Waals surface area contributed by atoms with Crippen LogP contribution in [0.3, 0.4) is 0 Å². The number of rotatable bonds is 2. The molecule has 1 atom stereocenters. The molecule has 0 spiro atoms. The molecule has 7 nitrogen and oxygen atoms in total. The van der Waals surface area contributed by atoms with Crippen molar-refractivity contribution in [1.29, 1.82) is 0 Å². The van der Waals surface area contributed by atoms with E-state index in [0.29, 0.717) is 9.74 Å². The van der Waals surface area contributed by atoms with Crippen LogP contribution in [0.2, 0.25) is 0 Å². The van der Waals surface area contributed by atoms with Gasteiger partial charge in [0.25, 0.3) is 0 Å². The molecule has 0 aliphatic carbocycles. The van der Waals surface area contributed by atoms with Crippen molar-refractivity contribution in [1.82, 2.24) is 0 Å². The summed E-state index contributed by atoms with van der Waals surface area (Å²) in [5.41, 5.74) is -0.296. The van der Waals surface area contributed by atoms with Crippen molar-refractivity contribution in [3.8, 4) is 5.75 Å². The van der Waals surface area contributed by atoms with Crippen molar-refractivity contribution >= 4 is 47.8 Å². The molecule has 0 heterocycles. The van der Waals surface area contributed by atoms with Crippen molar-refractivity contribution in [3.05, 3.63) is 34.4 Å². The molecule has 2 aromatic rings. The van der Waals surface area contributed by atoms with Gasteiger partial charge in [0.2, 0.25) is 0 Å². The Morgan fingerprint density at radius 3 is 2.37 bits per heavy atom. The molecular weight excluding hydrogens is 337 g/mol. The third kappa shape index (κ3) is 2.42. The van der Waals surface area contributed by atoms with E-state index in [1.54, 1.807) is 0 Å². The number of nitrogens with zero attached hydrogens (tertiary/aromatic N) is 1. The van der Waals surface area contributed by atoms with Crippen molar-refractivity contribution in [2.45, 2.75) is 4.90 Å². The number of non-ortho nitro benzene ring substituents is 1. The fourth-order valence-electron chi connectivity index (χ4n) is 1.72. The topological polar surface area (TPSA) is 118 Å². The first kappa shape index (κ1) is 13.8. The number of benzene rings is 2. The van der Waals surface area contributed by atoms with Gasteiger partial charge in [-0.25, -0.2) is 0 Å². The van der Waals surface area contributed by atoms with Crippen LogP contribution in [0.5, 0.6) is 5.75 Å². The molecule has 0 aliphatic rings. The maximum atomic E-state index is 11.3. The van der Waals surface area contributed by atoms with Crippen LogP contribution < -0.4 is 4.35 Å². The summed E-state index contributed by atoms with van der Waals surface area (Å²) in [7, 11) is -4.59. The molecule has 2 aromatic carbocycles. The summed E-state index contributed by atoms with van der Waals surface area (Å²) in [6, 6.07) is 4.50. The SMILES string of the molecule is O=[N+]([O-])c1ccc2c([AsH2])c(O)cc(S(=O)(=O)O)c2c1. The number of nitro benzene ring substituents is 1. The zero-order valence-electron chi connectivity index (χ0n) is 9.27. The monoisotopic (exact) mass is 345 g/mol. The van der Waals surface area contributed by atoms with Gasteiger partial charge >= 0.3 is 116 Å². The Bertz CT molecular complexity index is 801. The molecule has 0 saturated heterocycles. The van der Waals surface area contributed by atoms with E-state index in [9.17, 15) is 23.6 Å². The third-order valence-corrected chi connectivity index (χ3v) is 4.76. The van der Waals surface area contributed by atoms with Crippen molar-refractivity contribution in [2.24, 2.45) is 0 Å². The van der Waals surface area contributed by atoms with E-state index in [-0.39, 0.29) is 16.8 Å². The molecule has 2 rings (SSSR count). The summed E-state index contributed by atoms with van der Waals surface area (Å²) < 4.78 is 32.1. The average Bonchev–Trinajstić information content (AvgIpc) is 2.31. The van der Waals surface area contributed by atoms with Crippen LogP contribution in [-0.2, 0) is 10.1 Å². The standard InChI is InChI=1S/C10H8AsNO6S/c11-10-6-2-1-5(12(14)15)3-7(6)9(4-8(10)13)19(16,17)18/h1-4,13H,11H2,(H,16,17,18). The van der Waals surface area contributed by atoms with Crippen LogP contribution in [0.4, 0.5) is 5.69 Å². The van der Waals surface area contributed by atoms with Crippen LogP contribution in [0.1, 0.15) is 0 Å². The number of fused-ring (bicyclic) bond motifs is 1. The van der Waals surface area contributed by atoms with Crippen LogP contribution in [-0.4, -0.2) is 39.9 Å². The van der Waals surface area contributed by atoms with Gasteiger partial charge in [0, 0.05) is 0 Å². The molecular formula is C10H8AsNO6S. The second-order valence-electron chi connectivity index (χ2n) is 3.77. The van der Waals surface area contributed by atoms with E-state index in [1.807, 2.05) is 0 Å². The number of phenols is 1. The minimum atomic E-state index is -4.59. The van der Waals surface area contributed by atoms with E-state index in [4.69, 9.17) is 4.55 Å². The first-order chi connectivity index (χ1) is 8.71. The Morgan fingerprint density at radius 1 is 1.21 bits per heavy atom. The molecule has 0 bridgehead atoms. The van der Waals surface area contributed by atoms with Crippen LogP contribution in [0, 0.1) is 10.1 Å². The van der Waals surface area contributed by atoms with Gasteiger partial charge in [-0.1, -0.05) is 0 Å². The minimum absolute atomic E-state index is 0.00822. The van der Waals surface area contributed by atoms with Gasteiger partial charge in [-0.15, -0.1) is 0 Å². The first-order valence-corrected chi connectivity index (χ1v) is 7.54. The second kappa shape index (κ2) is 4.48. The Balaban J connectivity index is 2.99. The predicted molar refractivity (Wildman–Crippen MR) is 70.3 cm³/mol. The van der Waals surface area contributed by atoms with E-state index in [2.05, 4.69) is 0 Å². The van der Waals surface area contributed by atoms with Crippen molar-refractivity contribution in [3.63, 3.8) is 0 Å². The zero-order chi connectivity index (χ0) is 14.4. The Labute approximate surface area is 116 Å². The quantitative estimate of drug-likeness (QED) is 0.341. The zero-order valence-corrected chi connectivity index (χ0v) is 12.5. The maximum absolute atomic E-state index is 11.3. The molecule has 0 aromatic heterocycles. The van der Waals surface area contributed by atoms with Crippen molar-refractivity contribution < 1.29 is 23.0 Å². The fourth-order valence-corrected chi connectivity index (χ4v) is 3.13. The Hall–Kier alpha value is -1.63. The molecule has 0 radical (unpaired) electrons. The summed E-state index contributed by atoms with van der Waals surface area (Å²) in [4.78, 5) is 9.49. The summed E-state index contributed by atoms with van der Waals surface area (Å²) in [6.07, 6.45) is 0. The molecule has 19 heavy (non-hydrogen) atoms. The molecule has 0 amide bonds. The molecule has 9 heteroatoms. The Kier molecular flexibility index (Phi) is 3.25. The number of hydrogen-bond donors (Lipinski definition) is 2. The Morgan fingerprint density at radius 2 is 1.84 bits per heavy atom. The van der Waals surface area contributed by atoms with Crippen molar-refractivity contribution in [2.75, 3.05) is 0 Å². The summed E-state index contributed by atoms with van der Waals surface area (Å²) in [6.45, 7) is 0. The van der Waals surface area contributed by atoms with E-state index < -0.39 is 19.9 Å². The van der Waals surface area contributed by atoms with Crippen LogP contribution in [0.25, 0.3) is 10.8 Å². The van der Waals surface area contributed by atoms with Gasteiger partial charge in [0.05, 0.1) is 0 Å². The van der Waals surface area contributed by atoms with Crippen LogP contribution in [0.15, 0.2) is 29.2 Å². The first-order valence-electron chi connectivity index (χ1n) is 4.89. The van der Waals surface area contributed by atoms with E-state index in [1.165, 1.54) is 12.1 Å². The van der Waals surface area contributed by atoms with Crippen LogP contribution >= 0.6 is 0 Å². The second-order valence-corrected chi connectivity index (χ2v) is 6.37. The van der Waals surface area contributed by atoms with Gasteiger partial charge in [-0.05, 0) is 0 Å². The molecule has 0 saturated carbocycles. The number of hydrogen-bond acceptors (Lipinski definition) is 5. The predicted octanol–water partition coefficient (Wildman–Crippen LogP) is -0.0413. The summed E-state index contributed by atoms with van der Waals surface area (Å²) >= 11 is 1.04. The third-order valence-electron chi connectivity index (χ3n) is 2.59. The normalized spacial score (nSPS) is 11.7.